The second-order valence-electron chi connectivity index (χ2n) is 5.33. The smallest absolute Gasteiger partial charge is 0.314 e. The van der Waals surface area contributed by atoms with Crippen molar-refractivity contribution >= 4 is 12.4 Å². The van der Waals surface area contributed by atoms with Crippen molar-refractivity contribution in [2.45, 2.75) is 32.0 Å². The second kappa shape index (κ2) is 8.13. The van der Waals surface area contributed by atoms with Crippen molar-refractivity contribution in [2.75, 3.05) is 26.2 Å². The molecule has 1 fully saturated rings. The summed E-state index contributed by atoms with van der Waals surface area (Å²) in [7, 11) is 0. The number of nitrogens with one attached hydrogen (secondary N) is 1. The lowest BCUT2D eigenvalue weighted by Gasteiger charge is -2.35. The van der Waals surface area contributed by atoms with Gasteiger partial charge >= 0.3 is 6.18 Å². The van der Waals surface area contributed by atoms with Gasteiger partial charge in [-0.3, -0.25) is 4.90 Å². The van der Waals surface area contributed by atoms with E-state index in [1.807, 2.05) is 6.92 Å². The van der Waals surface area contributed by atoms with Crippen molar-refractivity contribution in [3.8, 4) is 0 Å². The van der Waals surface area contributed by atoms with Gasteiger partial charge in [0.25, 0.3) is 0 Å². The van der Waals surface area contributed by atoms with Crippen molar-refractivity contribution in [3.05, 3.63) is 35.1 Å². The predicted molar refractivity (Wildman–Crippen MR) is 80.7 cm³/mol. The number of hydrogen-bond donors (Lipinski definition) is 1. The summed E-state index contributed by atoms with van der Waals surface area (Å²) in [6.45, 7) is 5.25. The average Bonchev–Trinajstić information content (AvgIpc) is 2.45. The first-order valence-electron chi connectivity index (χ1n) is 7.25. The summed E-state index contributed by atoms with van der Waals surface area (Å²) < 4.78 is 52.0. The van der Waals surface area contributed by atoms with E-state index in [-0.39, 0.29) is 18.4 Å². The van der Waals surface area contributed by atoms with Crippen molar-refractivity contribution in [1.29, 1.82) is 0 Å². The van der Waals surface area contributed by atoms with E-state index >= 15 is 0 Å². The molecule has 0 bridgehead atoms. The standard InChI is InChI=1S/C15H20F4N2.ClH/c1-2-3-14(21-8-6-20-7-9-21)11-4-5-13(16)12(10-11)15(17,18)19;/h4-5,10,14,20H,2-3,6-9H2,1H3;1H/t14-;/m0./s1. The minimum absolute atomic E-state index is 0. The zero-order valence-corrected chi connectivity index (χ0v) is 13.2. The summed E-state index contributed by atoms with van der Waals surface area (Å²) in [6, 6.07) is 3.30. The first-order valence-corrected chi connectivity index (χ1v) is 7.25. The van der Waals surface area contributed by atoms with E-state index in [9.17, 15) is 17.6 Å². The van der Waals surface area contributed by atoms with Gasteiger partial charge in [-0.05, 0) is 24.1 Å². The Hall–Kier alpha value is -0.850. The molecular formula is C15H21ClF4N2. The molecule has 1 aromatic carbocycles. The molecule has 0 aliphatic carbocycles. The van der Waals surface area contributed by atoms with Gasteiger partial charge < -0.3 is 5.32 Å². The van der Waals surface area contributed by atoms with Crippen molar-refractivity contribution in [2.24, 2.45) is 0 Å². The highest BCUT2D eigenvalue weighted by atomic mass is 35.5. The van der Waals surface area contributed by atoms with Gasteiger partial charge in [0.2, 0.25) is 0 Å². The zero-order chi connectivity index (χ0) is 15.5. The quantitative estimate of drug-likeness (QED) is 0.833. The molecule has 0 aromatic heterocycles. The van der Waals surface area contributed by atoms with Crippen LogP contribution in [0.15, 0.2) is 18.2 Å². The minimum atomic E-state index is -4.65. The Morgan fingerprint density at radius 2 is 1.86 bits per heavy atom. The summed E-state index contributed by atoms with van der Waals surface area (Å²) >= 11 is 0. The van der Waals surface area contributed by atoms with Crippen LogP contribution in [0.25, 0.3) is 0 Å². The minimum Gasteiger partial charge on any atom is -0.314 e. The Kier molecular flexibility index (Phi) is 7.09. The molecule has 1 N–H and O–H groups in total. The molecule has 0 saturated carbocycles. The Morgan fingerprint density at radius 1 is 1.23 bits per heavy atom. The van der Waals surface area contributed by atoms with Crippen LogP contribution in [0.1, 0.15) is 36.9 Å². The van der Waals surface area contributed by atoms with Gasteiger partial charge in [0, 0.05) is 32.2 Å². The highest BCUT2D eigenvalue weighted by molar-refractivity contribution is 5.85. The van der Waals surface area contributed by atoms with Crippen LogP contribution in [0.5, 0.6) is 0 Å². The maximum Gasteiger partial charge on any atom is 0.419 e. The first-order chi connectivity index (χ1) is 9.93. The van der Waals surface area contributed by atoms with Crippen LogP contribution in [-0.4, -0.2) is 31.1 Å². The molecule has 1 atom stereocenters. The molecule has 0 spiro atoms. The highest BCUT2D eigenvalue weighted by Crippen LogP contribution is 2.35. The molecule has 1 aromatic rings. The van der Waals surface area contributed by atoms with E-state index in [2.05, 4.69) is 10.2 Å². The molecule has 2 rings (SSSR count). The molecule has 0 radical (unpaired) electrons. The van der Waals surface area contributed by atoms with Crippen LogP contribution in [0, 0.1) is 5.82 Å². The van der Waals surface area contributed by atoms with Gasteiger partial charge in [-0.1, -0.05) is 19.4 Å². The Bertz CT molecular complexity index is 473. The molecule has 0 unspecified atom stereocenters. The van der Waals surface area contributed by atoms with E-state index in [0.717, 1.165) is 51.2 Å². The van der Waals surface area contributed by atoms with Gasteiger partial charge in [0.1, 0.15) is 5.82 Å². The number of alkyl halides is 3. The number of nitrogens with zero attached hydrogens (tertiary/aromatic N) is 1. The van der Waals surface area contributed by atoms with Gasteiger partial charge in [0.15, 0.2) is 0 Å². The van der Waals surface area contributed by atoms with Crippen molar-refractivity contribution < 1.29 is 17.6 Å². The Balaban J connectivity index is 0.00000242. The molecule has 0 amide bonds. The number of halogens is 5. The molecule has 22 heavy (non-hydrogen) atoms. The lowest BCUT2D eigenvalue weighted by Crippen LogP contribution is -2.45. The fourth-order valence-electron chi connectivity index (χ4n) is 2.79. The molecule has 7 heteroatoms. The zero-order valence-electron chi connectivity index (χ0n) is 12.4. The number of benzene rings is 1. The third kappa shape index (κ3) is 4.57. The second-order valence-corrected chi connectivity index (χ2v) is 5.33. The topological polar surface area (TPSA) is 15.3 Å². The van der Waals surface area contributed by atoms with Gasteiger partial charge in [-0.25, -0.2) is 4.39 Å². The normalized spacial score (nSPS) is 17.9. The van der Waals surface area contributed by atoms with Crippen molar-refractivity contribution in [3.63, 3.8) is 0 Å². The lowest BCUT2D eigenvalue weighted by atomic mass is 9.97. The third-order valence-corrected chi connectivity index (χ3v) is 3.84. The van der Waals surface area contributed by atoms with Gasteiger partial charge in [-0.15, -0.1) is 12.4 Å². The maximum atomic E-state index is 13.4. The number of rotatable bonds is 4. The van der Waals surface area contributed by atoms with Crippen molar-refractivity contribution in [1.82, 2.24) is 10.2 Å². The summed E-state index contributed by atoms with van der Waals surface area (Å²) in [5.74, 6) is -1.21. The summed E-state index contributed by atoms with van der Waals surface area (Å²) in [4.78, 5) is 2.17. The summed E-state index contributed by atoms with van der Waals surface area (Å²) in [6.07, 6.45) is -3.02. The molecule has 2 nitrogen and oxygen atoms in total. The van der Waals surface area contributed by atoms with Crippen LogP contribution in [0.3, 0.4) is 0 Å². The number of piperazine rings is 1. The molecule has 1 aliphatic heterocycles. The Morgan fingerprint density at radius 3 is 2.41 bits per heavy atom. The van der Waals surface area contributed by atoms with Crippen LogP contribution >= 0.6 is 12.4 Å². The monoisotopic (exact) mass is 340 g/mol. The summed E-state index contributed by atoms with van der Waals surface area (Å²) in [5.41, 5.74) is -0.622. The predicted octanol–water partition coefficient (Wildman–Crippen LogP) is 4.01. The first kappa shape index (κ1) is 19.2. The van der Waals surface area contributed by atoms with E-state index in [1.54, 1.807) is 0 Å². The van der Waals surface area contributed by atoms with Crippen LogP contribution < -0.4 is 5.32 Å². The van der Waals surface area contributed by atoms with Gasteiger partial charge in [0.05, 0.1) is 5.56 Å². The fourth-order valence-corrected chi connectivity index (χ4v) is 2.79. The van der Waals surface area contributed by atoms with E-state index in [4.69, 9.17) is 0 Å². The van der Waals surface area contributed by atoms with Crippen LogP contribution in [0.2, 0.25) is 0 Å². The molecule has 1 heterocycles. The number of hydrogen-bond acceptors (Lipinski definition) is 2. The van der Waals surface area contributed by atoms with E-state index in [0.29, 0.717) is 5.56 Å². The maximum absolute atomic E-state index is 13.4. The van der Waals surface area contributed by atoms with Crippen LogP contribution in [0.4, 0.5) is 17.6 Å². The van der Waals surface area contributed by atoms with E-state index in [1.165, 1.54) is 6.07 Å². The largest absolute Gasteiger partial charge is 0.419 e. The molecular weight excluding hydrogens is 320 g/mol. The summed E-state index contributed by atoms with van der Waals surface area (Å²) in [5, 5.41) is 3.23. The lowest BCUT2D eigenvalue weighted by molar-refractivity contribution is -0.140. The SMILES string of the molecule is CCC[C@@H](c1ccc(F)c(C(F)(F)F)c1)N1CCNCC1.Cl. The van der Waals surface area contributed by atoms with E-state index < -0.39 is 17.6 Å². The van der Waals surface area contributed by atoms with Crippen LogP contribution in [-0.2, 0) is 6.18 Å². The fraction of sp³-hybridized carbons (Fsp3) is 0.600. The molecule has 1 aliphatic rings. The highest BCUT2D eigenvalue weighted by Gasteiger charge is 2.35. The molecule has 126 valence electrons. The Labute approximate surface area is 134 Å². The van der Waals surface area contributed by atoms with Gasteiger partial charge in [-0.2, -0.15) is 13.2 Å². The average molecular weight is 341 g/mol. The third-order valence-electron chi connectivity index (χ3n) is 3.84. The molecule has 1 saturated heterocycles.